The highest BCUT2D eigenvalue weighted by atomic mass is 16.5. The van der Waals surface area contributed by atoms with Crippen LogP contribution in [-0.2, 0) is 4.74 Å². The van der Waals surface area contributed by atoms with Crippen molar-refractivity contribution in [2.75, 3.05) is 12.4 Å². The SMILES string of the molecule is COC(=O)c1ccc2c(c1C)N[C@H](c1ccc(C)cc1)[C@H]1CC=C[C@H]21. The van der Waals surface area contributed by atoms with E-state index in [0.717, 1.165) is 17.7 Å². The van der Waals surface area contributed by atoms with Crippen molar-refractivity contribution >= 4 is 11.7 Å². The number of anilines is 1. The van der Waals surface area contributed by atoms with Crippen LogP contribution < -0.4 is 5.32 Å². The highest BCUT2D eigenvalue weighted by molar-refractivity contribution is 5.93. The lowest BCUT2D eigenvalue weighted by Gasteiger charge is -2.38. The summed E-state index contributed by atoms with van der Waals surface area (Å²) in [6, 6.07) is 13.0. The van der Waals surface area contributed by atoms with Crippen molar-refractivity contribution in [3.8, 4) is 0 Å². The van der Waals surface area contributed by atoms with Crippen LogP contribution in [0.5, 0.6) is 0 Å². The van der Waals surface area contributed by atoms with E-state index in [1.54, 1.807) is 0 Å². The molecular weight excluding hydrogens is 310 g/mol. The van der Waals surface area contributed by atoms with Gasteiger partial charge in [-0.25, -0.2) is 4.79 Å². The first-order valence-corrected chi connectivity index (χ1v) is 8.81. The maximum absolute atomic E-state index is 12.1. The van der Waals surface area contributed by atoms with Gasteiger partial charge in [0.15, 0.2) is 0 Å². The molecule has 0 spiro atoms. The molecule has 25 heavy (non-hydrogen) atoms. The molecule has 3 nitrogen and oxygen atoms in total. The average Bonchev–Trinajstić information content (AvgIpc) is 3.12. The lowest BCUT2D eigenvalue weighted by molar-refractivity contribution is 0.0600. The monoisotopic (exact) mass is 333 g/mol. The number of nitrogens with one attached hydrogen (secondary N) is 1. The van der Waals surface area contributed by atoms with Gasteiger partial charge in [-0.3, -0.25) is 0 Å². The molecule has 0 radical (unpaired) electrons. The molecule has 1 heterocycles. The van der Waals surface area contributed by atoms with E-state index in [1.807, 2.05) is 13.0 Å². The predicted molar refractivity (Wildman–Crippen MR) is 100 cm³/mol. The second-order valence-electron chi connectivity index (χ2n) is 7.08. The number of hydrogen-bond acceptors (Lipinski definition) is 3. The molecule has 0 amide bonds. The number of aryl methyl sites for hydroxylation is 1. The molecule has 3 heteroatoms. The minimum atomic E-state index is -0.280. The summed E-state index contributed by atoms with van der Waals surface area (Å²) >= 11 is 0. The van der Waals surface area contributed by atoms with E-state index in [0.29, 0.717) is 17.4 Å². The second-order valence-corrected chi connectivity index (χ2v) is 7.08. The van der Waals surface area contributed by atoms with Crippen molar-refractivity contribution in [2.24, 2.45) is 5.92 Å². The first kappa shape index (κ1) is 15.9. The molecule has 1 aliphatic carbocycles. The number of esters is 1. The van der Waals surface area contributed by atoms with Gasteiger partial charge in [-0.15, -0.1) is 0 Å². The van der Waals surface area contributed by atoms with E-state index in [1.165, 1.54) is 23.8 Å². The molecular formula is C22H23NO2. The van der Waals surface area contributed by atoms with Gasteiger partial charge in [-0.05, 0) is 48.9 Å². The lowest BCUT2D eigenvalue weighted by Crippen LogP contribution is -2.30. The molecule has 2 aromatic rings. The Morgan fingerprint density at radius 3 is 2.60 bits per heavy atom. The quantitative estimate of drug-likeness (QED) is 0.626. The van der Waals surface area contributed by atoms with Gasteiger partial charge in [0.25, 0.3) is 0 Å². The van der Waals surface area contributed by atoms with Crippen molar-refractivity contribution in [3.63, 3.8) is 0 Å². The molecule has 0 saturated heterocycles. The summed E-state index contributed by atoms with van der Waals surface area (Å²) in [6.45, 7) is 4.11. The Morgan fingerprint density at radius 2 is 1.88 bits per heavy atom. The van der Waals surface area contributed by atoms with E-state index in [-0.39, 0.29) is 12.0 Å². The number of allylic oxidation sites excluding steroid dienone is 2. The van der Waals surface area contributed by atoms with Crippen molar-refractivity contribution in [1.29, 1.82) is 0 Å². The van der Waals surface area contributed by atoms with Gasteiger partial charge in [-0.2, -0.15) is 0 Å². The summed E-state index contributed by atoms with van der Waals surface area (Å²) in [4.78, 5) is 12.1. The molecule has 4 rings (SSSR count). The molecule has 128 valence electrons. The summed E-state index contributed by atoms with van der Waals surface area (Å²) in [6.07, 6.45) is 5.69. The number of ether oxygens (including phenoxy) is 1. The minimum Gasteiger partial charge on any atom is -0.465 e. The molecule has 0 fully saturated rings. The van der Waals surface area contributed by atoms with Crippen molar-refractivity contribution in [1.82, 2.24) is 0 Å². The Labute approximate surface area is 148 Å². The molecule has 0 saturated carbocycles. The molecule has 2 aliphatic rings. The zero-order valence-corrected chi connectivity index (χ0v) is 14.9. The van der Waals surface area contributed by atoms with E-state index in [2.05, 4.69) is 54.7 Å². The minimum absolute atomic E-state index is 0.250. The van der Waals surface area contributed by atoms with E-state index in [4.69, 9.17) is 4.74 Å². The maximum atomic E-state index is 12.1. The third-order valence-electron chi connectivity index (χ3n) is 5.64. The van der Waals surface area contributed by atoms with E-state index < -0.39 is 0 Å². The van der Waals surface area contributed by atoms with Crippen LogP contribution in [0.1, 0.15) is 51.0 Å². The number of rotatable bonds is 2. The van der Waals surface area contributed by atoms with Gasteiger partial charge in [0.05, 0.1) is 18.7 Å². The number of carbonyl (C=O) groups is 1. The van der Waals surface area contributed by atoms with Gasteiger partial charge in [0.2, 0.25) is 0 Å². The van der Waals surface area contributed by atoms with Crippen LogP contribution in [0, 0.1) is 19.8 Å². The number of methoxy groups -OCH3 is 1. The highest BCUT2D eigenvalue weighted by Gasteiger charge is 2.38. The van der Waals surface area contributed by atoms with Gasteiger partial charge in [0, 0.05) is 11.6 Å². The maximum Gasteiger partial charge on any atom is 0.338 e. The first-order chi connectivity index (χ1) is 12.1. The van der Waals surface area contributed by atoms with Crippen molar-refractivity contribution in [3.05, 3.63) is 76.4 Å². The fraction of sp³-hybridized carbons (Fsp3) is 0.318. The Hall–Kier alpha value is -2.55. The normalized spacial score (nSPS) is 23.6. The topological polar surface area (TPSA) is 38.3 Å². The fourth-order valence-electron chi connectivity index (χ4n) is 4.25. The van der Waals surface area contributed by atoms with Crippen LogP contribution in [0.4, 0.5) is 5.69 Å². The Kier molecular flexibility index (Phi) is 3.87. The Bertz CT molecular complexity index is 851. The van der Waals surface area contributed by atoms with Gasteiger partial charge < -0.3 is 10.1 Å². The zero-order valence-electron chi connectivity index (χ0n) is 14.9. The number of carbonyl (C=O) groups excluding carboxylic acids is 1. The van der Waals surface area contributed by atoms with Gasteiger partial charge in [-0.1, -0.05) is 48.0 Å². The van der Waals surface area contributed by atoms with Gasteiger partial charge >= 0.3 is 5.97 Å². The predicted octanol–water partition coefficient (Wildman–Crippen LogP) is 4.92. The van der Waals surface area contributed by atoms with Crippen molar-refractivity contribution in [2.45, 2.75) is 32.2 Å². The molecule has 2 aromatic carbocycles. The second kappa shape index (κ2) is 6.07. The summed E-state index contributed by atoms with van der Waals surface area (Å²) in [7, 11) is 1.43. The Morgan fingerprint density at radius 1 is 1.12 bits per heavy atom. The summed E-state index contributed by atoms with van der Waals surface area (Å²) in [5, 5.41) is 3.74. The number of hydrogen-bond donors (Lipinski definition) is 1. The average molecular weight is 333 g/mol. The molecule has 3 atom stereocenters. The third kappa shape index (κ3) is 2.55. The van der Waals surface area contributed by atoms with Gasteiger partial charge in [0.1, 0.15) is 0 Å². The summed E-state index contributed by atoms with van der Waals surface area (Å²) in [5.41, 5.74) is 6.55. The summed E-state index contributed by atoms with van der Waals surface area (Å²) < 4.78 is 4.94. The lowest BCUT2D eigenvalue weighted by atomic mass is 9.76. The first-order valence-electron chi connectivity index (χ1n) is 8.81. The smallest absolute Gasteiger partial charge is 0.338 e. The third-order valence-corrected chi connectivity index (χ3v) is 5.64. The van der Waals surface area contributed by atoms with Crippen LogP contribution in [0.3, 0.4) is 0 Å². The Balaban J connectivity index is 1.81. The van der Waals surface area contributed by atoms with Crippen LogP contribution in [0.25, 0.3) is 0 Å². The molecule has 1 aliphatic heterocycles. The van der Waals surface area contributed by atoms with Crippen LogP contribution in [-0.4, -0.2) is 13.1 Å². The number of benzene rings is 2. The standard InChI is InChI=1S/C22H23NO2/c1-13-7-9-15(10-8-13)21-18-6-4-5-17(18)19-12-11-16(22(24)25-3)14(2)20(19)23-21/h4-5,7-12,17-18,21,23H,6H2,1-3H3/t17-,18-,21+/m0/s1. The van der Waals surface area contributed by atoms with Crippen LogP contribution in [0.2, 0.25) is 0 Å². The van der Waals surface area contributed by atoms with Crippen LogP contribution >= 0.6 is 0 Å². The molecule has 1 N–H and O–H groups in total. The largest absolute Gasteiger partial charge is 0.465 e. The highest BCUT2D eigenvalue weighted by Crippen LogP contribution is 2.51. The molecule has 0 bridgehead atoms. The fourth-order valence-corrected chi connectivity index (χ4v) is 4.25. The van der Waals surface area contributed by atoms with Crippen LogP contribution in [0.15, 0.2) is 48.6 Å². The zero-order chi connectivity index (χ0) is 17.6. The molecule has 0 unspecified atom stereocenters. The van der Waals surface area contributed by atoms with E-state index >= 15 is 0 Å². The van der Waals surface area contributed by atoms with Crippen molar-refractivity contribution < 1.29 is 9.53 Å². The number of fused-ring (bicyclic) bond motifs is 3. The summed E-state index contributed by atoms with van der Waals surface area (Å²) in [5.74, 6) is 0.629. The van der Waals surface area contributed by atoms with E-state index in [9.17, 15) is 4.79 Å². The molecule has 0 aromatic heterocycles.